The van der Waals surface area contributed by atoms with Crippen molar-refractivity contribution in [3.05, 3.63) is 33.3 Å². The van der Waals surface area contributed by atoms with Crippen molar-refractivity contribution in [1.82, 2.24) is 0 Å². The van der Waals surface area contributed by atoms with Crippen LogP contribution in [-0.2, 0) is 10.6 Å². The number of nitriles is 1. The summed E-state index contributed by atoms with van der Waals surface area (Å²) in [5.41, 5.74) is 1.33. The van der Waals surface area contributed by atoms with Crippen LogP contribution in [0, 0.1) is 11.3 Å². The van der Waals surface area contributed by atoms with Crippen LogP contribution < -0.4 is 0 Å². The highest BCUT2D eigenvalue weighted by Crippen LogP contribution is 2.25. The number of methoxy groups -OCH3 is 1. The second-order valence-electron chi connectivity index (χ2n) is 2.72. The van der Waals surface area contributed by atoms with Crippen LogP contribution in [-0.4, -0.2) is 13.1 Å². The zero-order chi connectivity index (χ0) is 11.4. The molecule has 0 radical (unpaired) electrons. The molecule has 0 unspecified atom stereocenters. The van der Waals surface area contributed by atoms with Gasteiger partial charge in [-0.15, -0.1) is 11.6 Å². The minimum atomic E-state index is -0.497. The van der Waals surface area contributed by atoms with Gasteiger partial charge < -0.3 is 4.74 Å². The monoisotopic (exact) mass is 287 g/mol. The second kappa shape index (κ2) is 5.15. The molecule has 0 aliphatic carbocycles. The molecule has 5 heteroatoms. The average Bonchev–Trinajstić information content (AvgIpc) is 2.26. The molecule has 0 aliphatic rings. The number of hydrogen-bond acceptors (Lipinski definition) is 3. The zero-order valence-corrected chi connectivity index (χ0v) is 10.2. The van der Waals surface area contributed by atoms with Crippen molar-refractivity contribution in [2.24, 2.45) is 0 Å². The van der Waals surface area contributed by atoms with Gasteiger partial charge in [-0.2, -0.15) is 5.26 Å². The third kappa shape index (κ3) is 2.49. The molecule has 1 aromatic rings. The molecule has 15 heavy (non-hydrogen) atoms. The molecule has 0 amide bonds. The third-order valence-corrected chi connectivity index (χ3v) is 2.84. The van der Waals surface area contributed by atoms with Crippen LogP contribution in [0.5, 0.6) is 0 Å². The van der Waals surface area contributed by atoms with E-state index in [0.29, 0.717) is 21.2 Å². The predicted molar refractivity (Wildman–Crippen MR) is 59.8 cm³/mol. The topological polar surface area (TPSA) is 50.1 Å². The quantitative estimate of drug-likeness (QED) is 0.621. The van der Waals surface area contributed by atoms with Gasteiger partial charge in [0.05, 0.1) is 24.3 Å². The van der Waals surface area contributed by atoms with Gasteiger partial charge in [0.2, 0.25) is 0 Å². The number of hydrogen-bond donors (Lipinski definition) is 0. The summed E-state index contributed by atoms with van der Waals surface area (Å²) < 4.78 is 5.24. The predicted octanol–water partition coefficient (Wildman–Crippen LogP) is 2.85. The van der Waals surface area contributed by atoms with Gasteiger partial charge in [-0.3, -0.25) is 0 Å². The maximum atomic E-state index is 11.4. The van der Waals surface area contributed by atoms with Crippen LogP contribution >= 0.6 is 27.5 Å². The van der Waals surface area contributed by atoms with E-state index in [-0.39, 0.29) is 5.88 Å². The van der Waals surface area contributed by atoms with Gasteiger partial charge in [-0.05, 0) is 17.7 Å². The maximum Gasteiger partial charge on any atom is 0.338 e. The van der Waals surface area contributed by atoms with E-state index in [1.165, 1.54) is 13.2 Å². The molecule has 0 N–H and O–H groups in total. The molecule has 0 bridgehead atoms. The first-order valence-corrected chi connectivity index (χ1v) is 5.33. The van der Waals surface area contributed by atoms with Gasteiger partial charge in [0.25, 0.3) is 0 Å². The van der Waals surface area contributed by atoms with E-state index >= 15 is 0 Å². The molecule has 1 aromatic carbocycles. The van der Waals surface area contributed by atoms with E-state index in [0.717, 1.165) is 0 Å². The molecule has 78 valence electrons. The Balaban J connectivity index is 3.40. The standard InChI is InChI=1S/C10H7BrClNO2/c1-15-10(14)7-2-6(5-13)3-9(11)8(7)4-12/h2-3H,4H2,1H3. The zero-order valence-electron chi connectivity index (χ0n) is 7.88. The van der Waals surface area contributed by atoms with E-state index in [9.17, 15) is 4.79 Å². The highest BCUT2D eigenvalue weighted by Gasteiger charge is 2.15. The molecule has 0 fully saturated rings. The summed E-state index contributed by atoms with van der Waals surface area (Å²) in [6.45, 7) is 0. The highest BCUT2D eigenvalue weighted by atomic mass is 79.9. The summed E-state index contributed by atoms with van der Waals surface area (Å²) in [5.74, 6) is -0.319. The number of rotatable bonds is 2. The smallest absolute Gasteiger partial charge is 0.338 e. The molecule has 1 rings (SSSR count). The SMILES string of the molecule is COC(=O)c1cc(C#N)cc(Br)c1CCl. The Labute approximate surface area is 101 Å². The Morgan fingerprint density at radius 2 is 2.33 bits per heavy atom. The lowest BCUT2D eigenvalue weighted by Crippen LogP contribution is -2.06. The van der Waals surface area contributed by atoms with Crippen LogP contribution in [0.15, 0.2) is 16.6 Å². The highest BCUT2D eigenvalue weighted by molar-refractivity contribution is 9.10. The Morgan fingerprint density at radius 3 is 2.80 bits per heavy atom. The molecular formula is C10H7BrClNO2. The lowest BCUT2D eigenvalue weighted by molar-refractivity contribution is 0.0599. The van der Waals surface area contributed by atoms with Gasteiger partial charge in [-0.1, -0.05) is 15.9 Å². The van der Waals surface area contributed by atoms with Crippen LogP contribution in [0.1, 0.15) is 21.5 Å². The number of benzene rings is 1. The first-order chi connectivity index (χ1) is 7.13. The van der Waals surface area contributed by atoms with Gasteiger partial charge >= 0.3 is 5.97 Å². The maximum absolute atomic E-state index is 11.4. The number of alkyl halides is 1. The fourth-order valence-corrected chi connectivity index (χ4v) is 2.18. The number of nitrogens with zero attached hydrogens (tertiary/aromatic N) is 1. The Kier molecular flexibility index (Phi) is 4.13. The van der Waals surface area contributed by atoms with Crippen LogP contribution in [0.3, 0.4) is 0 Å². The van der Waals surface area contributed by atoms with Crippen LogP contribution in [0.4, 0.5) is 0 Å². The van der Waals surface area contributed by atoms with Crippen molar-refractivity contribution < 1.29 is 9.53 Å². The Morgan fingerprint density at radius 1 is 1.67 bits per heavy atom. The number of carbonyl (C=O) groups excluding carboxylic acids is 1. The van der Waals surface area contributed by atoms with Crippen molar-refractivity contribution in [1.29, 1.82) is 5.26 Å². The summed E-state index contributed by atoms with van der Waals surface area (Å²) >= 11 is 8.97. The average molecular weight is 289 g/mol. The summed E-state index contributed by atoms with van der Waals surface area (Å²) in [5, 5.41) is 8.75. The van der Waals surface area contributed by atoms with Crippen molar-refractivity contribution in [2.75, 3.05) is 7.11 Å². The molecule has 0 heterocycles. The largest absolute Gasteiger partial charge is 0.465 e. The van der Waals surface area contributed by atoms with Crippen LogP contribution in [0.2, 0.25) is 0 Å². The normalized spacial score (nSPS) is 9.47. The van der Waals surface area contributed by atoms with Crippen molar-refractivity contribution >= 4 is 33.5 Å². The number of esters is 1. The molecule has 0 spiro atoms. The molecular weight excluding hydrogens is 281 g/mol. The summed E-state index contributed by atoms with van der Waals surface area (Å²) in [7, 11) is 1.29. The lowest BCUT2D eigenvalue weighted by atomic mass is 10.1. The van der Waals surface area contributed by atoms with Crippen molar-refractivity contribution in [3.8, 4) is 6.07 Å². The lowest BCUT2D eigenvalue weighted by Gasteiger charge is -2.07. The molecule has 0 aliphatic heterocycles. The van der Waals surface area contributed by atoms with Gasteiger partial charge in [0.1, 0.15) is 0 Å². The number of ether oxygens (including phenoxy) is 1. The molecule has 0 saturated heterocycles. The first-order valence-electron chi connectivity index (χ1n) is 4.00. The van der Waals surface area contributed by atoms with E-state index in [4.69, 9.17) is 16.9 Å². The summed E-state index contributed by atoms with van der Waals surface area (Å²) in [4.78, 5) is 11.4. The Hall–Kier alpha value is -1.05. The van der Waals surface area contributed by atoms with Gasteiger partial charge in [0.15, 0.2) is 0 Å². The van der Waals surface area contributed by atoms with Crippen molar-refractivity contribution in [3.63, 3.8) is 0 Å². The summed E-state index contributed by atoms with van der Waals surface area (Å²) in [6.07, 6.45) is 0. The molecule has 3 nitrogen and oxygen atoms in total. The minimum absolute atomic E-state index is 0.177. The van der Waals surface area contributed by atoms with Crippen molar-refractivity contribution in [2.45, 2.75) is 5.88 Å². The van der Waals surface area contributed by atoms with E-state index in [2.05, 4.69) is 20.7 Å². The fraction of sp³-hybridized carbons (Fsp3) is 0.200. The number of halogens is 2. The van der Waals surface area contributed by atoms with Crippen LogP contribution in [0.25, 0.3) is 0 Å². The first kappa shape index (κ1) is 12.0. The third-order valence-electron chi connectivity index (χ3n) is 1.86. The van der Waals surface area contributed by atoms with E-state index < -0.39 is 5.97 Å². The van der Waals surface area contributed by atoms with E-state index in [1.807, 2.05) is 6.07 Å². The molecule has 0 saturated carbocycles. The Bertz CT molecular complexity index is 440. The fourth-order valence-electron chi connectivity index (χ4n) is 1.13. The van der Waals surface area contributed by atoms with Gasteiger partial charge in [0, 0.05) is 10.4 Å². The molecule has 0 aromatic heterocycles. The second-order valence-corrected chi connectivity index (χ2v) is 3.84. The number of carbonyl (C=O) groups is 1. The summed E-state index contributed by atoms with van der Waals surface area (Å²) in [6, 6.07) is 5.04. The minimum Gasteiger partial charge on any atom is -0.465 e. The van der Waals surface area contributed by atoms with Gasteiger partial charge in [-0.25, -0.2) is 4.79 Å². The molecule has 0 atom stereocenters. The van der Waals surface area contributed by atoms with E-state index in [1.54, 1.807) is 6.07 Å².